The van der Waals surface area contributed by atoms with Crippen LogP contribution in [-0.4, -0.2) is 17.8 Å². The van der Waals surface area contributed by atoms with Gasteiger partial charge in [0.15, 0.2) is 10.9 Å². The largest absolute Gasteiger partial charge is 0.365 e. The van der Waals surface area contributed by atoms with Crippen LogP contribution >= 0.6 is 11.3 Å². The topological polar surface area (TPSA) is 42.0 Å². The van der Waals surface area contributed by atoms with Crippen molar-refractivity contribution in [2.24, 2.45) is 0 Å². The van der Waals surface area contributed by atoms with Crippen LogP contribution in [0.15, 0.2) is 24.3 Å². The number of hydrogen-bond acceptors (Lipinski definition) is 4. The molecule has 17 heavy (non-hydrogen) atoms. The Morgan fingerprint density at radius 2 is 2.06 bits per heavy atom. The molecule has 1 N–H and O–H groups in total. The van der Waals surface area contributed by atoms with E-state index in [1.807, 2.05) is 38.2 Å². The molecule has 1 aromatic heterocycles. The van der Waals surface area contributed by atoms with Crippen LogP contribution in [0.5, 0.6) is 0 Å². The number of aryl methyl sites for hydroxylation is 1. The number of hydrogen-bond donors (Lipinski definition) is 1. The summed E-state index contributed by atoms with van der Waals surface area (Å²) in [6.07, 6.45) is 0. The van der Waals surface area contributed by atoms with E-state index in [4.69, 9.17) is 0 Å². The second-order valence-electron chi connectivity index (χ2n) is 3.82. The summed E-state index contributed by atoms with van der Waals surface area (Å²) < 4.78 is 0. The second kappa shape index (κ2) is 4.67. The maximum Gasteiger partial charge on any atom is 0.183 e. The molecule has 88 valence electrons. The Kier molecular flexibility index (Phi) is 3.24. The van der Waals surface area contributed by atoms with Gasteiger partial charge in [0, 0.05) is 19.5 Å². The zero-order valence-corrected chi connectivity index (χ0v) is 10.9. The van der Waals surface area contributed by atoms with E-state index in [1.54, 1.807) is 6.92 Å². The number of benzene rings is 1. The van der Waals surface area contributed by atoms with Crippen molar-refractivity contribution in [1.82, 2.24) is 4.98 Å². The quantitative estimate of drug-likeness (QED) is 0.844. The molecule has 0 unspecified atom stereocenters. The Morgan fingerprint density at radius 3 is 2.65 bits per heavy atom. The van der Waals surface area contributed by atoms with E-state index in [-0.39, 0.29) is 5.78 Å². The minimum Gasteiger partial charge on any atom is -0.365 e. The number of rotatable bonds is 3. The number of carbonyl (C=O) groups is 1. The van der Waals surface area contributed by atoms with Gasteiger partial charge in [-0.2, -0.15) is 0 Å². The summed E-state index contributed by atoms with van der Waals surface area (Å²) >= 11 is 1.40. The minimum absolute atomic E-state index is 0.0576. The SMILES string of the molecule is CNc1nc(-c2ccccc2C)c(C(C)=O)s1. The molecule has 0 aliphatic heterocycles. The lowest BCUT2D eigenvalue weighted by molar-refractivity contribution is 0.102. The van der Waals surface area contributed by atoms with Crippen molar-refractivity contribution in [3.63, 3.8) is 0 Å². The molecule has 2 aromatic rings. The second-order valence-corrected chi connectivity index (χ2v) is 4.82. The van der Waals surface area contributed by atoms with Crippen LogP contribution in [0.25, 0.3) is 11.3 Å². The zero-order chi connectivity index (χ0) is 12.4. The van der Waals surface area contributed by atoms with Crippen molar-refractivity contribution in [2.45, 2.75) is 13.8 Å². The lowest BCUT2D eigenvalue weighted by Gasteiger charge is -2.03. The van der Waals surface area contributed by atoms with Crippen molar-refractivity contribution in [1.29, 1.82) is 0 Å². The van der Waals surface area contributed by atoms with Crippen LogP contribution in [0.2, 0.25) is 0 Å². The molecule has 3 nitrogen and oxygen atoms in total. The number of nitrogens with one attached hydrogen (secondary N) is 1. The zero-order valence-electron chi connectivity index (χ0n) is 10.1. The first-order valence-corrected chi connectivity index (χ1v) is 6.20. The summed E-state index contributed by atoms with van der Waals surface area (Å²) in [5.41, 5.74) is 2.93. The van der Waals surface area contributed by atoms with Crippen molar-refractivity contribution < 1.29 is 4.79 Å². The molecule has 0 fully saturated rings. The van der Waals surface area contributed by atoms with Crippen LogP contribution < -0.4 is 5.32 Å². The Balaban J connectivity index is 2.62. The van der Waals surface area contributed by atoms with Crippen molar-refractivity contribution >= 4 is 22.3 Å². The summed E-state index contributed by atoms with van der Waals surface area (Å²) in [7, 11) is 1.81. The van der Waals surface area contributed by atoms with Gasteiger partial charge in [-0.1, -0.05) is 35.6 Å². The van der Waals surface area contributed by atoms with Crippen LogP contribution in [0, 0.1) is 6.92 Å². The van der Waals surface area contributed by atoms with Crippen molar-refractivity contribution in [2.75, 3.05) is 12.4 Å². The predicted octanol–water partition coefficient (Wildman–Crippen LogP) is 3.36. The highest BCUT2D eigenvalue weighted by Gasteiger charge is 2.17. The van der Waals surface area contributed by atoms with Gasteiger partial charge in [-0.15, -0.1) is 0 Å². The van der Waals surface area contributed by atoms with Crippen molar-refractivity contribution in [3.8, 4) is 11.3 Å². The van der Waals surface area contributed by atoms with Gasteiger partial charge in [0.1, 0.15) is 0 Å². The third kappa shape index (κ3) is 2.22. The summed E-state index contributed by atoms with van der Waals surface area (Å²) in [6.45, 7) is 3.60. The lowest BCUT2D eigenvalue weighted by atomic mass is 10.0. The number of nitrogens with zero attached hydrogens (tertiary/aromatic N) is 1. The summed E-state index contributed by atoms with van der Waals surface area (Å²) in [6, 6.07) is 7.97. The van der Waals surface area contributed by atoms with Gasteiger partial charge in [-0.25, -0.2) is 4.98 Å². The first kappa shape index (κ1) is 11.8. The molecule has 2 rings (SSSR count). The molecule has 0 bridgehead atoms. The Morgan fingerprint density at radius 1 is 1.35 bits per heavy atom. The number of aromatic nitrogens is 1. The molecule has 0 radical (unpaired) electrons. The fraction of sp³-hybridized carbons (Fsp3) is 0.231. The van der Waals surface area contributed by atoms with E-state index in [0.717, 1.165) is 22.0 Å². The molecular formula is C13H14N2OS. The molecule has 0 amide bonds. The molecule has 0 atom stereocenters. The maximum absolute atomic E-state index is 11.6. The van der Waals surface area contributed by atoms with Gasteiger partial charge < -0.3 is 5.32 Å². The molecule has 1 heterocycles. The number of anilines is 1. The van der Waals surface area contributed by atoms with Gasteiger partial charge in [0.05, 0.1) is 10.6 Å². The van der Waals surface area contributed by atoms with Gasteiger partial charge in [-0.3, -0.25) is 4.79 Å². The van der Waals surface area contributed by atoms with E-state index < -0.39 is 0 Å². The van der Waals surface area contributed by atoms with Gasteiger partial charge in [-0.05, 0) is 12.5 Å². The molecular weight excluding hydrogens is 232 g/mol. The van der Waals surface area contributed by atoms with Crippen LogP contribution in [0.4, 0.5) is 5.13 Å². The normalized spacial score (nSPS) is 10.3. The van der Waals surface area contributed by atoms with Crippen LogP contribution in [0.1, 0.15) is 22.2 Å². The van der Waals surface area contributed by atoms with Crippen LogP contribution in [-0.2, 0) is 0 Å². The van der Waals surface area contributed by atoms with E-state index in [2.05, 4.69) is 10.3 Å². The number of carbonyl (C=O) groups excluding carboxylic acids is 1. The molecule has 0 saturated heterocycles. The van der Waals surface area contributed by atoms with Crippen molar-refractivity contribution in [3.05, 3.63) is 34.7 Å². The molecule has 1 aromatic carbocycles. The van der Waals surface area contributed by atoms with E-state index in [9.17, 15) is 4.79 Å². The van der Waals surface area contributed by atoms with Gasteiger partial charge >= 0.3 is 0 Å². The summed E-state index contributed by atoms with van der Waals surface area (Å²) in [5, 5.41) is 3.76. The standard InChI is InChI=1S/C13H14N2OS/c1-8-6-4-5-7-10(8)11-12(9(2)16)17-13(14-3)15-11/h4-7H,1-3H3,(H,14,15). The highest BCUT2D eigenvalue weighted by Crippen LogP contribution is 2.32. The number of thiazole rings is 1. The van der Waals surface area contributed by atoms with Crippen LogP contribution in [0.3, 0.4) is 0 Å². The highest BCUT2D eigenvalue weighted by molar-refractivity contribution is 7.18. The monoisotopic (exact) mass is 246 g/mol. The average molecular weight is 246 g/mol. The lowest BCUT2D eigenvalue weighted by Crippen LogP contribution is -1.93. The summed E-state index contributed by atoms with van der Waals surface area (Å²) in [5.74, 6) is 0.0576. The molecule has 0 aliphatic carbocycles. The fourth-order valence-electron chi connectivity index (χ4n) is 1.69. The third-order valence-electron chi connectivity index (χ3n) is 2.56. The summed E-state index contributed by atoms with van der Waals surface area (Å²) in [4.78, 5) is 16.8. The molecule has 0 saturated carbocycles. The Labute approximate surface area is 105 Å². The van der Waals surface area contributed by atoms with E-state index >= 15 is 0 Å². The molecule has 0 spiro atoms. The van der Waals surface area contributed by atoms with Gasteiger partial charge in [0.25, 0.3) is 0 Å². The first-order valence-electron chi connectivity index (χ1n) is 5.39. The predicted molar refractivity (Wildman–Crippen MR) is 71.8 cm³/mol. The number of ketones is 1. The average Bonchev–Trinajstić information content (AvgIpc) is 2.73. The van der Waals surface area contributed by atoms with E-state index in [0.29, 0.717) is 4.88 Å². The molecule has 4 heteroatoms. The third-order valence-corrected chi connectivity index (χ3v) is 3.73. The first-order chi connectivity index (χ1) is 8.13. The smallest absolute Gasteiger partial charge is 0.183 e. The Hall–Kier alpha value is -1.68. The maximum atomic E-state index is 11.6. The van der Waals surface area contributed by atoms with E-state index in [1.165, 1.54) is 11.3 Å². The minimum atomic E-state index is 0.0576. The van der Waals surface area contributed by atoms with Gasteiger partial charge in [0.2, 0.25) is 0 Å². The molecule has 0 aliphatic rings. The Bertz CT molecular complexity index is 560. The highest BCUT2D eigenvalue weighted by atomic mass is 32.1. The fourth-order valence-corrected chi connectivity index (χ4v) is 2.52. The number of Topliss-reactive ketones (excluding diaryl/α,β-unsaturated/α-hetero) is 1.